The Labute approximate surface area is 120 Å². The van der Waals surface area contributed by atoms with Gasteiger partial charge in [0.2, 0.25) is 0 Å². The maximum absolute atomic E-state index is 6.07. The standard InChI is InChI=1S/C17H23NO2/c1-4-18-17(14-8-12(3)19-10-14)16-9-13-7-11(2)5-6-15(13)20-16/h5-7,9,12,14,17-18H,4,8,10H2,1-3H3. The predicted octanol–water partition coefficient (Wildman–Crippen LogP) is 3.82. The maximum Gasteiger partial charge on any atom is 0.134 e. The highest BCUT2D eigenvalue weighted by atomic mass is 16.5. The Bertz CT molecular complexity index is 590. The van der Waals surface area contributed by atoms with E-state index >= 15 is 0 Å². The van der Waals surface area contributed by atoms with Crippen molar-refractivity contribution in [3.63, 3.8) is 0 Å². The van der Waals surface area contributed by atoms with Crippen LogP contribution in [0.1, 0.15) is 37.6 Å². The highest BCUT2D eigenvalue weighted by Crippen LogP contribution is 2.34. The molecule has 0 saturated carbocycles. The SMILES string of the molecule is CCNC(c1cc2cc(C)ccc2o1)C1COC(C)C1. The molecular weight excluding hydrogens is 250 g/mol. The van der Waals surface area contributed by atoms with Gasteiger partial charge < -0.3 is 14.5 Å². The second-order valence-corrected chi connectivity index (χ2v) is 5.87. The van der Waals surface area contributed by atoms with E-state index in [9.17, 15) is 0 Å². The Balaban J connectivity index is 1.92. The van der Waals surface area contributed by atoms with Crippen LogP contribution in [0.2, 0.25) is 0 Å². The summed E-state index contributed by atoms with van der Waals surface area (Å²) >= 11 is 0. The van der Waals surface area contributed by atoms with Crippen LogP contribution in [0.3, 0.4) is 0 Å². The Morgan fingerprint density at radius 1 is 1.35 bits per heavy atom. The second kappa shape index (κ2) is 5.58. The van der Waals surface area contributed by atoms with E-state index < -0.39 is 0 Å². The Morgan fingerprint density at radius 3 is 2.90 bits per heavy atom. The zero-order chi connectivity index (χ0) is 14.1. The van der Waals surface area contributed by atoms with E-state index in [4.69, 9.17) is 9.15 Å². The number of benzene rings is 1. The average molecular weight is 273 g/mol. The highest BCUT2D eigenvalue weighted by molar-refractivity contribution is 5.78. The molecule has 1 N–H and O–H groups in total. The monoisotopic (exact) mass is 273 g/mol. The summed E-state index contributed by atoms with van der Waals surface area (Å²) in [4.78, 5) is 0. The summed E-state index contributed by atoms with van der Waals surface area (Å²) < 4.78 is 11.8. The molecule has 1 aliphatic heterocycles. The highest BCUT2D eigenvalue weighted by Gasteiger charge is 2.32. The van der Waals surface area contributed by atoms with Crippen molar-refractivity contribution in [1.82, 2.24) is 5.32 Å². The molecule has 1 saturated heterocycles. The number of fused-ring (bicyclic) bond motifs is 1. The lowest BCUT2D eigenvalue weighted by Gasteiger charge is -2.21. The van der Waals surface area contributed by atoms with Crippen LogP contribution in [-0.2, 0) is 4.74 Å². The van der Waals surface area contributed by atoms with Crippen LogP contribution in [0.5, 0.6) is 0 Å². The van der Waals surface area contributed by atoms with Crippen molar-refractivity contribution in [2.45, 2.75) is 39.3 Å². The molecule has 1 aliphatic rings. The minimum absolute atomic E-state index is 0.248. The van der Waals surface area contributed by atoms with E-state index in [0.717, 1.165) is 30.9 Å². The molecule has 0 spiro atoms. The number of ether oxygens (including phenoxy) is 1. The van der Waals surface area contributed by atoms with Gasteiger partial charge in [0, 0.05) is 11.3 Å². The molecule has 3 heteroatoms. The molecule has 0 aliphatic carbocycles. The second-order valence-electron chi connectivity index (χ2n) is 5.87. The third-order valence-electron chi connectivity index (χ3n) is 4.12. The van der Waals surface area contributed by atoms with Gasteiger partial charge >= 0.3 is 0 Å². The summed E-state index contributed by atoms with van der Waals surface area (Å²) in [7, 11) is 0. The first kappa shape index (κ1) is 13.7. The van der Waals surface area contributed by atoms with Crippen LogP contribution in [0.15, 0.2) is 28.7 Å². The molecule has 2 heterocycles. The smallest absolute Gasteiger partial charge is 0.134 e. The maximum atomic E-state index is 6.07. The van der Waals surface area contributed by atoms with Crippen molar-refractivity contribution in [1.29, 1.82) is 0 Å². The van der Waals surface area contributed by atoms with Gasteiger partial charge in [-0.3, -0.25) is 0 Å². The molecule has 0 amide bonds. The number of hydrogen-bond acceptors (Lipinski definition) is 3. The first-order chi connectivity index (χ1) is 9.67. The Morgan fingerprint density at radius 2 is 2.20 bits per heavy atom. The van der Waals surface area contributed by atoms with Gasteiger partial charge in [-0.2, -0.15) is 0 Å². The fourth-order valence-corrected chi connectivity index (χ4v) is 3.14. The summed E-state index contributed by atoms with van der Waals surface area (Å²) in [6.45, 7) is 8.14. The Hall–Kier alpha value is -1.32. The van der Waals surface area contributed by atoms with Crippen LogP contribution < -0.4 is 5.32 Å². The van der Waals surface area contributed by atoms with Crippen molar-refractivity contribution < 1.29 is 9.15 Å². The van der Waals surface area contributed by atoms with Crippen molar-refractivity contribution in [2.75, 3.05) is 13.2 Å². The lowest BCUT2D eigenvalue weighted by Crippen LogP contribution is -2.28. The van der Waals surface area contributed by atoms with Crippen LogP contribution in [0.25, 0.3) is 11.0 Å². The summed E-state index contributed by atoms with van der Waals surface area (Å²) in [6.07, 6.45) is 1.45. The van der Waals surface area contributed by atoms with E-state index in [0.29, 0.717) is 12.0 Å². The minimum Gasteiger partial charge on any atom is -0.459 e. The molecule has 1 aromatic heterocycles. The molecule has 0 radical (unpaired) electrons. The van der Waals surface area contributed by atoms with Gasteiger partial charge in [0.05, 0.1) is 18.8 Å². The molecule has 108 valence electrons. The lowest BCUT2D eigenvalue weighted by atomic mass is 9.94. The number of furan rings is 1. The summed E-state index contributed by atoms with van der Waals surface area (Å²) in [5.41, 5.74) is 2.24. The molecule has 3 rings (SSSR count). The third kappa shape index (κ3) is 2.60. The number of rotatable bonds is 4. The van der Waals surface area contributed by atoms with Crippen LogP contribution in [0, 0.1) is 12.8 Å². The first-order valence-electron chi connectivity index (χ1n) is 7.52. The van der Waals surface area contributed by atoms with Crippen LogP contribution in [0.4, 0.5) is 0 Å². The molecule has 1 aromatic carbocycles. The predicted molar refractivity (Wildman–Crippen MR) is 80.9 cm³/mol. The molecule has 1 fully saturated rings. The fraction of sp³-hybridized carbons (Fsp3) is 0.529. The largest absolute Gasteiger partial charge is 0.459 e. The number of aryl methyl sites for hydroxylation is 1. The van der Waals surface area contributed by atoms with Gasteiger partial charge in [-0.05, 0) is 45.0 Å². The van der Waals surface area contributed by atoms with E-state index in [2.05, 4.69) is 50.4 Å². The van der Waals surface area contributed by atoms with Crippen molar-refractivity contribution in [2.24, 2.45) is 5.92 Å². The molecule has 20 heavy (non-hydrogen) atoms. The van der Waals surface area contributed by atoms with Gasteiger partial charge in [-0.25, -0.2) is 0 Å². The zero-order valence-electron chi connectivity index (χ0n) is 12.5. The van der Waals surface area contributed by atoms with E-state index in [1.54, 1.807) is 0 Å². The van der Waals surface area contributed by atoms with E-state index in [1.165, 1.54) is 10.9 Å². The lowest BCUT2D eigenvalue weighted by molar-refractivity contribution is 0.116. The molecular formula is C17H23NO2. The molecule has 3 atom stereocenters. The summed E-state index contributed by atoms with van der Waals surface area (Å²) in [5.74, 6) is 1.53. The first-order valence-corrected chi connectivity index (χ1v) is 7.52. The van der Waals surface area contributed by atoms with E-state index in [1.807, 2.05) is 0 Å². The van der Waals surface area contributed by atoms with Crippen molar-refractivity contribution in [3.8, 4) is 0 Å². The number of nitrogens with one attached hydrogen (secondary N) is 1. The summed E-state index contributed by atoms with van der Waals surface area (Å²) in [6, 6.07) is 8.76. The zero-order valence-corrected chi connectivity index (χ0v) is 12.5. The van der Waals surface area contributed by atoms with Gasteiger partial charge in [-0.1, -0.05) is 18.6 Å². The summed E-state index contributed by atoms with van der Waals surface area (Å²) in [5, 5.41) is 4.75. The van der Waals surface area contributed by atoms with Gasteiger partial charge in [0.25, 0.3) is 0 Å². The van der Waals surface area contributed by atoms with E-state index in [-0.39, 0.29) is 6.04 Å². The van der Waals surface area contributed by atoms with Crippen LogP contribution >= 0.6 is 0 Å². The minimum atomic E-state index is 0.248. The molecule has 3 unspecified atom stereocenters. The van der Waals surface area contributed by atoms with Crippen LogP contribution in [-0.4, -0.2) is 19.3 Å². The quantitative estimate of drug-likeness (QED) is 0.919. The normalized spacial score (nSPS) is 24.4. The van der Waals surface area contributed by atoms with Gasteiger partial charge in [0.15, 0.2) is 0 Å². The molecule has 3 nitrogen and oxygen atoms in total. The van der Waals surface area contributed by atoms with Gasteiger partial charge in [-0.15, -0.1) is 0 Å². The third-order valence-corrected chi connectivity index (χ3v) is 4.12. The van der Waals surface area contributed by atoms with Crippen molar-refractivity contribution in [3.05, 3.63) is 35.6 Å². The average Bonchev–Trinajstić information content (AvgIpc) is 3.01. The molecule has 0 bridgehead atoms. The topological polar surface area (TPSA) is 34.4 Å². The molecule has 2 aromatic rings. The van der Waals surface area contributed by atoms with Gasteiger partial charge in [0.1, 0.15) is 11.3 Å². The fourth-order valence-electron chi connectivity index (χ4n) is 3.14. The van der Waals surface area contributed by atoms with Crippen molar-refractivity contribution >= 4 is 11.0 Å². The Kier molecular flexibility index (Phi) is 3.81. The number of hydrogen-bond donors (Lipinski definition) is 1.